The van der Waals surface area contributed by atoms with Gasteiger partial charge in [-0.05, 0) is 86.7 Å². The number of benzene rings is 3. The van der Waals surface area contributed by atoms with Gasteiger partial charge in [0.1, 0.15) is 17.7 Å². The van der Waals surface area contributed by atoms with Gasteiger partial charge in [0.15, 0.2) is 0 Å². The maximum atomic E-state index is 13.1. The van der Waals surface area contributed by atoms with E-state index in [1.807, 2.05) is 42.5 Å². The Morgan fingerprint density at radius 1 is 0.880 bits per heavy atom. The molecule has 0 bridgehead atoms. The number of nitrogens with two attached hydrogens (primary N) is 1. The van der Waals surface area contributed by atoms with Crippen molar-refractivity contribution in [1.82, 2.24) is 10.0 Å². The van der Waals surface area contributed by atoms with Crippen LogP contribution in [-0.2, 0) is 32.5 Å². The third kappa shape index (κ3) is 15.3. The van der Waals surface area contributed by atoms with Crippen molar-refractivity contribution in [3.8, 4) is 5.75 Å². The van der Waals surface area contributed by atoms with Gasteiger partial charge in [-0.1, -0.05) is 48.5 Å². The molecular weight excluding hydrogens is 698 g/mol. The fourth-order valence-corrected chi connectivity index (χ4v) is 5.71. The lowest BCUT2D eigenvalue weighted by Gasteiger charge is -2.24. The number of hydrogen-bond acceptors (Lipinski definition) is 7. The van der Waals surface area contributed by atoms with E-state index in [1.165, 1.54) is 0 Å². The number of amidine groups is 1. The normalized spacial score (nSPS) is 14.2. The van der Waals surface area contributed by atoms with Gasteiger partial charge < -0.3 is 26.0 Å². The van der Waals surface area contributed by atoms with Crippen LogP contribution in [0.15, 0.2) is 83.8 Å². The maximum absolute atomic E-state index is 13.1. The van der Waals surface area contributed by atoms with Gasteiger partial charge in [-0.25, -0.2) is 22.7 Å². The number of aryl methyl sites for hydroxylation is 1. The number of carboxylic acids is 2. The van der Waals surface area contributed by atoms with Crippen molar-refractivity contribution in [2.45, 2.75) is 61.5 Å². The number of carboxylic acid groups (broad SMARTS) is 2. The van der Waals surface area contributed by atoms with Gasteiger partial charge in [0.2, 0.25) is 10.0 Å². The van der Waals surface area contributed by atoms with Crippen LogP contribution in [0.2, 0.25) is 0 Å². The van der Waals surface area contributed by atoms with Crippen LogP contribution in [0.25, 0.3) is 0 Å². The quantitative estimate of drug-likeness (QED) is 0.0905. The fourth-order valence-electron chi connectivity index (χ4n) is 4.42. The standard InChI is InChI=1S/C28H34N4O3S.2C2HF3O2/c29-28(30)23-6-4-5-21(19-23)9-12-24(32-36(33,34)27-7-2-1-3-8-27)20-22-10-13-25(14-11-22)35-26-15-17-31-18-16-26;2*3-2(4,5)1(6)7/h1-8,10-11,13-14,19,24,26,31-32H,9,12,15-18,20H2,(H3,29,30);2*(H,6,7)/t24-;;/m1../s1. The zero-order valence-electron chi connectivity index (χ0n) is 26.3. The molecule has 7 N–H and O–H groups in total. The molecule has 4 rings (SSSR count). The van der Waals surface area contributed by atoms with Crippen molar-refractivity contribution in [3.63, 3.8) is 0 Å². The lowest BCUT2D eigenvalue weighted by Crippen LogP contribution is -2.37. The van der Waals surface area contributed by atoms with Crippen molar-refractivity contribution in [3.05, 3.63) is 95.6 Å². The third-order valence-electron chi connectivity index (χ3n) is 6.87. The Kier molecular flexibility index (Phi) is 15.7. The Labute approximate surface area is 284 Å². The molecule has 0 aliphatic carbocycles. The second-order valence-corrected chi connectivity index (χ2v) is 12.5. The Hall–Kier alpha value is -4.68. The Bertz CT molecular complexity index is 1630. The van der Waals surface area contributed by atoms with Crippen molar-refractivity contribution < 1.29 is 59.3 Å². The van der Waals surface area contributed by atoms with Gasteiger partial charge >= 0.3 is 24.3 Å². The molecule has 1 aliphatic rings. The summed E-state index contributed by atoms with van der Waals surface area (Å²) in [6, 6.07) is 23.6. The summed E-state index contributed by atoms with van der Waals surface area (Å²) < 4.78 is 98.7. The topological polar surface area (TPSA) is 192 Å². The van der Waals surface area contributed by atoms with Gasteiger partial charge in [0, 0.05) is 11.6 Å². The molecule has 0 amide bonds. The predicted molar refractivity (Wildman–Crippen MR) is 170 cm³/mol. The number of alkyl halides is 6. The first-order chi connectivity index (χ1) is 23.3. The van der Waals surface area contributed by atoms with Gasteiger partial charge in [0.05, 0.1) is 4.90 Å². The highest BCUT2D eigenvalue weighted by Gasteiger charge is 2.38. The molecule has 50 heavy (non-hydrogen) atoms. The number of nitrogen functional groups attached to an aromatic ring is 1. The molecule has 0 unspecified atom stereocenters. The zero-order valence-corrected chi connectivity index (χ0v) is 27.1. The van der Waals surface area contributed by atoms with Crippen LogP contribution >= 0.6 is 0 Å². The highest BCUT2D eigenvalue weighted by Crippen LogP contribution is 2.20. The van der Waals surface area contributed by atoms with E-state index in [0.29, 0.717) is 24.8 Å². The van der Waals surface area contributed by atoms with Crippen LogP contribution in [0.3, 0.4) is 0 Å². The van der Waals surface area contributed by atoms with Gasteiger partial charge in [-0.2, -0.15) is 26.3 Å². The molecule has 1 aliphatic heterocycles. The number of ether oxygens (including phenoxy) is 1. The molecule has 1 saturated heterocycles. The smallest absolute Gasteiger partial charge is 0.490 e. The minimum Gasteiger partial charge on any atom is -0.490 e. The molecule has 3 aromatic rings. The largest absolute Gasteiger partial charge is 0.490 e. The van der Waals surface area contributed by atoms with Crippen LogP contribution in [0.1, 0.15) is 36.0 Å². The molecule has 1 fully saturated rings. The average Bonchev–Trinajstić information content (AvgIpc) is 3.05. The minimum atomic E-state index is -5.08. The first kappa shape index (κ1) is 41.5. The summed E-state index contributed by atoms with van der Waals surface area (Å²) in [4.78, 5) is 18.0. The fraction of sp³-hybridized carbons (Fsp3) is 0.344. The minimum absolute atomic E-state index is 0.0185. The van der Waals surface area contributed by atoms with Gasteiger partial charge in [-0.3, -0.25) is 5.41 Å². The third-order valence-corrected chi connectivity index (χ3v) is 8.41. The number of rotatable bonds is 11. The number of nitrogens with one attached hydrogen (secondary N) is 3. The molecule has 0 spiro atoms. The first-order valence-corrected chi connectivity index (χ1v) is 16.3. The lowest BCUT2D eigenvalue weighted by atomic mass is 9.98. The second-order valence-electron chi connectivity index (χ2n) is 10.8. The molecule has 0 radical (unpaired) electrons. The van der Waals surface area contributed by atoms with Crippen LogP contribution in [0, 0.1) is 5.41 Å². The van der Waals surface area contributed by atoms with Crippen molar-refractivity contribution in [2.75, 3.05) is 13.1 Å². The van der Waals surface area contributed by atoms with Gasteiger partial charge in [-0.15, -0.1) is 0 Å². The molecule has 11 nitrogen and oxygen atoms in total. The second kappa shape index (κ2) is 18.9. The molecule has 3 aromatic carbocycles. The summed E-state index contributed by atoms with van der Waals surface area (Å²) in [6.07, 6.45) is -6.15. The molecule has 0 saturated carbocycles. The average molecular weight is 735 g/mol. The number of piperidine rings is 1. The zero-order chi connectivity index (χ0) is 37.5. The van der Waals surface area contributed by atoms with E-state index in [1.54, 1.807) is 36.4 Å². The molecule has 0 aromatic heterocycles. The summed E-state index contributed by atoms with van der Waals surface area (Å²) in [5.41, 5.74) is 8.35. The highest BCUT2D eigenvalue weighted by molar-refractivity contribution is 7.89. The van der Waals surface area contributed by atoms with Crippen LogP contribution < -0.4 is 20.5 Å². The number of carbonyl (C=O) groups is 2. The first-order valence-electron chi connectivity index (χ1n) is 14.8. The summed E-state index contributed by atoms with van der Waals surface area (Å²) in [6.45, 7) is 1.95. The van der Waals surface area contributed by atoms with E-state index in [4.69, 9.17) is 35.7 Å². The van der Waals surface area contributed by atoms with E-state index in [0.717, 1.165) is 42.8 Å². The molecule has 18 heteroatoms. The molecule has 274 valence electrons. The van der Waals surface area contributed by atoms with Crippen molar-refractivity contribution >= 4 is 27.8 Å². The lowest BCUT2D eigenvalue weighted by molar-refractivity contribution is -0.193. The summed E-state index contributed by atoms with van der Waals surface area (Å²) in [5.74, 6) is -4.65. The summed E-state index contributed by atoms with van der Waals surface area (Å²) in [5, 5.41) is 25.3. The van der Waals surface area contributed by atoms with E-state index >= 15 is 0 Å². The Morgan fingerprint density at radius 2 is 1.42 bits per heavy atom. The molecule has 1 heterocycles. The van der Waals surface area contributed by atoms with Crippen molar-refractivity contribution in [1.29, 1.82) is 5.41 Å². The van der Waals surface area contributed by atoms with Gasteiger partial charge in [0.25, 0.3) is 0 Å². The number of halogens is 6. The monoisotopic (exact) mass is 734 g/mol. The van der Waals surface area contributed by atoms with E-state index < -0.39 is 34.3 Å². The van der Waals surface area contributed by atoms with E-state index in [9.17, 15) is 34.8 Å². The number of hydrogen-bond donors (Lipinski definition) is 6. The van der Waals surface area contributed by atoms with Crippen LogP contribution in [0.5, 0.6) is 5.75 Å². The van der Waals surface area contributed by atoms with Crippen molar-refractivity contribution in [2.24, 2.45) is 5.73 Å². The summed E-state index contributed by atoms with van der Waals surface area (Å²) >= 11 is 0. The highest BCUT2D eigenvalue weighted by atomic mass is 32.2. The SMILES string of the molecule is N=C(N)c1cccc(CC[C@H](Cc2ccc(OC3CCNCC3)cc2)NS(=O)(=O)c2ccccc2)c1.O=C(O)C(F)(F)F.O=C(O)C(F)(F)F. The van der Waals surface area contributed by atoms with Crippen LogP contribution in [-0.4, -0.2) is 74.0 Å². The van der Waals surface area contributed by atoms with Crippen LogP contribution in [0.4, 0.5) is 26.3 Å². The molecule has 1 atom stereocenters. The number of sulfonamides is 1. The molecular formula is C32H36F6N4O7S. The Morgan fingerprint density at radius 3 is 1.92 bits per heavy atom. The van der Waals surface area contributed by atoms with E-state index in [-0.39, 0.29) is 22.9 Å². The Balaban J connectivity index is 0.000000521. The number of aliphatic carboxylic acids is 2. The van der Waals surface area contributed by atoms with E-state index in [2.05, 4.69) is 10.0 Å². The predicted octanol–water partition coefficient (Wildman–Crippen LogP) is 4.89. The summed E-state index contributed by atoms with van der Waals surface area (Å²) in [7, 11) is -3.67. The maximum Gasteiger partial charge on any atom is 0.490 e.